The second-order valence-electron chi connectivity index (χ2n) is 4.22. The first-order chi connectivity index (χ1) is 9.99. The highest BCUT2D eigenvalue weighted by Gasteiger charge is 2.24. The number of carbonyl (C=O) groups excluding carboxylic acids is 2. The van der Waals surface area contributed by atoms with E-state index in [9.17, 15) is 14.0 Å². The normalized spacial score (nSPS) is 11.7. The van der Waals surface area contributed by atoms with E-state index in [1.165, 1.54) is 12.1 Å². The monoisotopic (exact) mass is 351 g/mol. The van der Waals surface area contributed by atoms with E-state index in [4.69, 9.17) is 10.5 Å². The number of halogens is 2. The van der Waals surface area contributed by atoms with E-state index in [1.807, 2.05) is 0 Å². The van der Waals surface area contributed by atoms with Crippen LogP contribution in [-0.4, -0.2) is 11.9 Å². The van der Waals surface area contributed by atoms with Crippen LogP contribution in [0.15, 0.2) is 53.0 Å². The number of rotatable bonds is 4. The summed E-state index contributed by atoms with van der Waals surface area (Å²) in [5.74, 6) is -2.52. The van der Waals surface area contributed by atoms with Crippen LogP contribution in [0.4, 0.5) is 4.39 Å². The van der Waals surface area contributed by atoms with E-state index in [2.05, 4.69) is 15.9 Å². The Morgan fingerprint density at radius 2 is 1.81 bits per heavy atom. The van der Waals surface area contributed by atoms with Crippen LogP contribution in [0.5, 0.6) is 0 Å². The van der Waals surface area contributed by atoms with E-state index in [-0.39, 0.29) is 5.56 Å². The van der Waals surface area contributed by atoms with Crippen molar-refractivity contribution in [2.24, 2.45) is 5.73 Å². The van der Waals surface area contributed by atoms with Crippen molar-refractivity contribution in [3.63, 3.8) is 0 Å². The van der Waals surface area contributed by atoms with Gasteiger partial charge in [0, 0.05) is 10.0 Å². The first-order valence-electron chi connectivity index (χ1n) is 5.99. The molecular formula is C15H11BrFNO3. The standard InChI is InChI=1S/C15H11BrFNO3/c16-10-6-7-11(12(17)8-10)15(20)21-13(14(18)19)9-4-2-1-3-5-9/h1-8,13H,(H2,18,19)/t13-/m1/s1. The third-order valence-electron chi connectivity index (χ3n) is 2.74. The third-order valence-corrected chi connectivity index (χ3v) is 3.23. The van der Waals surface area contributed by atoms with Crippen LogP contribution >= 0.6 is 15.9 Å². The molecule has 0 aliphatic rings. The van der Waals surface area contributed by atoms with Gasteiger partial charge in [0.1, 0.15) is 5.82 Å². The summed E-state index contributed by atoms with van der Waals surface area (Å²) in [6.07, 6.45) is -1.26. The average molecular weight is 352 g/mol. The molecule has 6 heteroatoms. The van der Waals surface area contributed by atoms with Crippen molar-refractivity contribution in [1.29, 1.82) is 0 Å². The number of amides is 1. The summed E-state index contributed by atoms with van der Waals surface area (Å²) in [6, 6.07) is 12.2. The zero-order chi connectivity index (χ0) is 15.4. The number of hydrogen-bond acceptors (Lipinski definition) is 3. The van der Waals surface area contributed by atoms with E-state index < -0.39 is 23.8 Å². The molecule has 2 N–H and O–H groups in total. The van der Waals surface area contributed by atoms with Crippen molar-refractivity contribution < 1.29 is 18.7 Å². The number of ether oxygens (including phenoxy) is 1. The van der Waals surface area contributed by atoms with E-state index >= 15 is 0 Å². The average Bonchev–Trinajstić information content (AvgIpc) is 2.45. The first kappa shape index (κ1) is 15.2. The van der Waals surface area contributed by atoms with Crippen molar-refractivity contribution in [2.45, 2.75) is 6.10 Å². The first-order valence-corrected chi connectivity index (χ1v) is 6.78. The summed E-state index contributed by atoms with van der Waals surface area (Å²) >= 11 is 3.09. The van der Waals surface area contributed by atoms with Crippen LogP contribution in [0.2, 0.25) is 0 Å². The Balaban J connectivity index is 2.25. The molecule has 0 heterocycles. The lowest BCUT2D eigenvalue weighted by atomic mass is 10.1. The summed E-state index contributed by atoms with van der Waals surface area (Å²) in [5, 5.41) is 0. The fourth-order valence-electron chi connectivity index (χ4n) is 1.74. The summed E-state index contributed by atoms with van der Waals surface area (Å²) < 4.78 is 19.2. The maximum Gasteiger partial charge on any atom is 0.342 e. The molecule has 2 aromatic carbocycles. The smallest absolute Gasteiger partial charge is 0.342 e. The fourth-order valence-corrected chi connectivity index (χ4v) is 2.08. The van der Waals surface area contributed by atoms with Crippen molar-refractivity contribution in [1.82, 2.24) is 0 Å². The third kappa shape index (κ3) is 3.66. The van der Waals surface area contributed by atoms with Gasteiger partial charge in [-0.15, -0.1) is 0 Å². The topological polar surface area (TPSA) is 69.4 Å². The highest BCUT2D eigenvalue weighted by molar-refractivity contribution is 9.10. The second-order valence-corrected chi connectivity index (χ2v) is 5.14. The van der Waals surface area contributed by atoms with Gasteiger partial charge in [0.2, 0.25) is 6.10 Å². The summed E-state index contributed by atoms with van der Waals surface area (Å²) in [6.45, 7) is 0. The molecule has 2 rings (SSSR count). The van der Waals surface area contributed by atoms with Gasteiger partial charge in [-0.05, 0) is 18.2 Å². The minimum absolute atomic E-state index is 0.264. The number of nitrogens with two attached hydrogens (primary N) is 1. The molecule has 1 amide bonds. The van der Waals surface area contributed by atoms with Gasteiger partial charge in [-0.3, -0.25) is 4.79 Å². The van der Waals surface area contributed by atoms with Gasteiger partial charge >= 0.3 is 5.97 Å². The molecule has 0 bridgehead atoms. The van der Waals surface area contributed by atoms with Crippen molar-refractivity contribution in [3.8, 4) is 0 Å². The molecular weight excluding hydrogens is 341 g/mol. The van der Waals surface area contributed by atoms with E-state index in [0.29, 0.717) is 10.0 Å². The minimum atomic E-state index is -1.26. The largest absolute Gasteiger partial charge is 0.444 e. The van der Waals surface area contributed by atoms with Crippen LogP contribution < -0.4 is 5.73 Å². The lowest BCUT2D eigenvalue weighted by molar-refractivity contribution is -0.127. The maximum absolute atomic E-state index is 13.7. The zero-order valence-electron chi connectivity index (χ0n) is 10.8. The lowest BCUT2D eigenvalue weighted by Gasteiger charge is -2.15. The van der Waals surface area contributed by atoms with Crippen molar-refractivity contribution >= 4 is 27.8 Å². The Morgan fingerprint density at radius 3 is 2.38 bits per heavy atom. The molecule has 0 unspecified atom stereocenters. The highest BCUT2D eigenvalue weighted by atomic mass is 79.9. The Hall–Kier alpha value is -2.21. The van der Waals surface area contributed by atoms with E-state index in [1.54, 1.807) is 30.3 Å². The van der Waals surface area contributed by atoms with E-state index in [0.717, 1.165) is 6.07 Å². The molecule has 0 spiro atoms. The number of carbonyl (C=O) groups is 2. The summed E-state index contributed by atoms with van der Waals surface area (Å²) in [4.78, 5) is 23.4. The van der Waals surface area contributed by atoms with Crippen LogP contribution in [0.1, 0.15) is 22.0 Å². The van der Waals surface area contributed by atoms with Gasteiger partial charge in [0.25, 0.3) is 5.91 Å². The van der Waals surface area contributed by atoms with Crippen molar-refractivity contribution in [2.75, 3.05) is 0 Å². The molecule has 0 radical (unpaired) electrons. The molecule has 0 fully saturated rings. The minimum Gasteiger partial charge on any atom is -0.444 e. The molecule has 0 saturated heterocycles. The maximum atomic E-state index is 13.7. The van der Waals surface area contributed by atoms with Gasteiger partial charge in [0.15, 0.2) is 0 Å². The number of esters is 1. The van der Waals surface area contributed by atoms with Gasteiger partial charge in [0.05, 0.1) is 5.56 Å². The number of primary amides is 1. The lowest BCUT2D eigenvalue weighted by Crippen LogP contribution is -2.26. The van der Waals surface area contributed by atoms with Crippen LogP contribution in [0.3, 0.4) is 0 Å². The van der Waals surface area contributed by atoms with Crippen molar-refractivity contribution in [3.05, 3.63) is 69.9 Å². The van der Waals surface area contributed by atoms with Gasteiger partial charge in [-0.2, -0.15) is 0 Å². The number of benzene rings is 2. The SMILES string of the molecule is NC(=O)[C@H](OC(=O)c1ccc(Br)cc1F)c1ccccc1. The predicted molar refractivity (Wildman–Crippen MR) is 77.9 cm³/mol. The number of hydrogen-bond donors (Lipinski definition) is 1. The predicted octanol–water partition coefficient (Wildman–Crippen LogP) is 2.97. The van der Waals surface area contributed by atoms with Crippen LogP contribution in [0, 0.1) is 5.82 Å². The Morgan fingerprint density at radius 1 is 1.14 bits per heavy atom. The molecule has 4 nitrogen and oxygen atoms in total. The molecule has 0 aromatic heterocycles. The molecule has 108 valence electrons. The second kappa shape index (κ2) is 6.49. The fraction of sp³-hybridized carbons (Fsp3) is 0.0667. The quantitative estimate of drug-likeness (QED) is 0.861. The van der Waals surface area contributed by atoms with Crippen LogP contribution in [-0.2, 0) is 9.53 Å². The molecule has 0 saturated carbocycles. The van der Waals surface area contributed by atoms with Gasteiger partial charge in [-0.25, -0.2) is 9.18 Å². The van der Waals surface area contributed by atoms with Crippen LogP contribution in [0.25, 0.3) is 0 Å². The molecule has 21 heavy (non-hydrogen) atoms. The van der Waals surface area contributed by atoms with Gasteiger partial charge in [-0.1, -0.05) is 46.3 Å². The highest BCUT2D eigenvalue weighted by Crippen LogP contribution is 2.21. The Labute approximate surface area is 128 Å². The summed E-state index contributed by atoms with van der Waals surface area (Å²) in [7, 11) is 0. The molecule has 1 atom stereocenters. The molecule has 0 aliphatic carbocycles. The molecule has 0 aliphatic heterocycles. The Bertz CT molecular complexity index is 676. The molecule has 2 aromatic rings. The summed E-state index contributed by atoms with van der Waals surface area (Å²) in [5.41, 5.74) is 5.40. The zero-order valence-corrected chi connectivity index (χ0v) is 12.3. The van der Waals surface area contributed by atoms with Gasteiger partial charge < -0.3 is 10.5 Å². The Kier molecular flexibility index (Phi) is 4.70.